The lowest BCUT2D eigenvalue weighted by Crippen LogP contribution is -2.22. The van der Waals surface area contributed by atoms with Crippen LogP contribution in [0.2, 0.25) is 0 Å². The van der Waals surface area contributed by atoms with Crippen LogP contribution < -0.4 is 0 Å². The Balaban J connectivity index is 2.49. The Morgan fingerprint density at radius 3 is 2.44 bits per heavy atom. The second-order valence-electron chi connectivity index (χ2n) is 3.92. The molecule has 0 heterocycles. The maximum absolute atomic E-state index is 11.5. The average molecular weight is 220 g/mol. The van der Waals surface area contributed by atoms with E-state index >= 15 is 0 Å². The number of aliphatic carboxylic acids is 1. The van der Waals surface area contributed by atoms with Gasteiger partial charge in [0.25, 0.3) is 0 Å². The predicted octanol–water partition coefficient (Wildman–Crippen LogP) is 1.59. The fourth-order valence-corrected chi connectivity index (χ4v) is 1.91. The first-order valence-corrected chi connectivity index (χ1v) is 5.03. The third-order valence-corrected chi connectivity index (χ3v) is 3.01. The molecular weight excluding hydrogens is 208 g/mol. The number of benzene rings is 1. The third-order valence-electron chi connectivity index (χ3n) is 3.01. The largest absolute Gasteiger partial charge is 0.481 e. The summed E-state index contributed by atoms with van der Waals surface area (Å²) in [5.41, 5.74) is 0.0457. The van der Waals surface area contributed by atoms with E-state index in [9.17, 15) is 14.7 Å². The van der Waals surface area contributed by atoms with Crippen LogP contribution in [0.5, 0.6) is 0 Å². The third kappa shape index (κ3) is 1.46. The molecule has 0 saturated heterocycles. The molecule has 4 heteroatoms. The molecule has 0 aromatic heterocycles. The lowest BCUT2D eigenvalue weighted by molar-refractivity contribution is -0.140. The summed E-state index contributed by atoms with van der Waals surface area (Å²) in [6.45, 7) is 0. The SMILES string of the molecule is COC(=O)c1ccccc1C1(C(=O)O)CC1. The number of methoxy groups -OCH3 is 1. The van der Waals surface area contributed by atoms with Crippen LogP contribution in [-0.4, -0.2) is 24.2 Å². The van der Waals surface area contributed by atoms with Crippen molar-refractivity contribution in [3.05, 3.63) is 35.4 Å². The Morgan fingerprint density at radius 2 is 1.94 bits per heavy atom. The summed E-state index contributed by atoms with van der Waals surface area (Å²) in [4.78, 5) is 22.7. The van der Waals surface area contributed by atoms with Gasteiger partial charge in [-0.1, -0.05) is 18.2 Å². The first-order valence-electron chi connectivity index (χ1n) is 5.03. The number of hydrogen-bond acceptors (Lipinski definition) is 3. The lowest BCUT2D eigenvalue weighted by atomic mass is 9.91. The minimum Gasteiger partial charge on any atom is -0.481 e. The van der Waals surface area contributed by atoms with Crippen molar-refractivity contribution in [3.63, 3.8) is 0 Å². The first kappa shape index (κ1) is 10.7. The van der Waals surface area contributed by atoms with Gasteiger partial charge in [0.1, 0.15) is 0 Å². The summed E-state index contributed by atoms with van der Waals surface area (Å²) in [5.74, 6) is -1.35. The van der Waals surface area contributed by atoms with Crippen molar-refractivity contribution in [1.82, 2.24) is 0 Å². The van der Waals surface area contributed by atoms with Gasteiger partial charge >= 0.3 is 11.9 Å². The smallest absolute Gasteiger partial charge is 0.338 e. The zero-order valence-electron chi connectivity index (χ0n) is 8.90. The number of carbonyl (C=O) groups is 2. The monoisotopic (exact) mass is 220 g/mol. The Morgan fingerprint density at radius 1 is 1.31 bits per heavy atom. The molecular formula is C12H12O4. The quantitative estimate of drug-likeness (QED) is 0.785. The van der Waals surface area contributed by atoms with E-state index in [4.69, 9.17) is 0 Å². The molecule has 0 bridgehead atoms. The van der Waals surface area contributed by atoms with E-state index < -0.39 is 17.4 Å². The van der Waals surface area contributed by atoms with E-state index in [0.29, 0.717) is 24.0 Å². The van der Waals surface area contributed by atoms with Crippen LogP contribution >= 0.6 is 0 Å². The van der Waals surface area contributed by atoms with Gasteiger partial charge in [-0.15, -0.1) is 0 Å². The highest BCUT2D eigenvalue weighted by Gasteiger charge is 2.53. The molecule has 0 aliphatic heterocycles. The summed E-state index contributed by atoms with van der Waals surface area (Å²) in [6.07, 6.45) is 1.16. The van der Waals surface area contributed by atoms with Gasteiger partial charge in [-0.2, -0.15) is 0 Å². The van der Waals surface area contributed by atoms with Gasteiger partial charge in [0.15, 0.2) is 0 Å². The van der Waals surface area contributed by atoms with Gasteiger partial charge in [-0.25, -0.2) is 4.79 Å². The second kappa shape index (κ2) is 3.63. The molecule has 0 spiro atoms. The summed E-state index contributed by atoms with van der Waals surface area (Å²) < 4.78 is 4.65. The van der Waals surface area contributed by atoms with E-state index in [2.05, 4.69) is 4.74 Å². The van der Waals surface area contributed by atoms with Crippen molar-refractivity contribution in [2.24, 2.45) is 0 Å². The van der Waals surface area contributed by atoms with Gasteiger partial charge in [0.2, 0.25) is 0 Å². The number of ether oxygens (including phenoxy) is 1. The van der Waals surface area contributed by atoms with Crippen molar-refractivity contribution in [2.75, 3.05) is 7.11 Å². The van der Waals surface area contributed by atoms with Gasteiger partial charge < -0.3 is 9.84 Å². The van der Waals surface area contributed by atoms with Crippen LogP contribution in [0.1, 0.15) is 28.8 Å². The van der Waals surface area contributed by atoms with Crippen LogP contribution in [0.15, 0.2) is 24.3 Å². The summed E-state index contributed by atoms with van der Waals surface area (Å²) in [6, 6.07) is 6.73. The van der Waals surface area contributed by atoms with Crippen molar-refractivity contribution in [3.8, 4) is 0 Å². The van der Waals surface area contributed by atoms with E-state index in [1.54, 1.807) is 24.3 Å². The molecule has 4 nitrogen and oxygen atoms in total. The zero-order chi connectivity index (χ0) is 11.8. The molecule has 2 rings (SSSR count). The van der Waals surface area contributed by atoms with Crippen molar-refractivity contribution in [1.29, 1.82) is 0 Å². The van der Waals surface area contributed by atoms with E-state index in [-0.39, 0.29) is 0 Å². The number of carboxylic acid groups (broad SMARTS) is 1. The van der Waals surface area contributed by atoms with Crippen molar-refractivity contribution in [2.45, 2.75) is 18.3 Å². The van der Waals surface area contributed by atoms with Gasteiger partial charge in [0.05, 0.1) is 18.1 Å². The van der Waals surface area contributed by atoms with Crippen LogP contribution in [-0.2, 0) is 14.9 Å². The summed E-state index contributed by atoms with van der Waals surface area (Å²) in [7, 11) is 1.29. The maximum Gasteiger partial charge on any atom is 0.338 e. The molecule has 16 heavy (non-hydrogen) atoms. The molecule has 1 N–H and O–H groups in total. The van der Waals surface area contributed by atoms with Crippen LogP contribution in [0.3, 0.4) is 0 Å². The average Bonchev–Trinajstić information content (AvgIpc) is 3.09. The zero-order valence-corrected chi connectivity index (χ0v) is 8.90. The predicted molar refractivity (Wildman–Crippen MR) is 56.3 cm³/mol. The number of esters is 1. The van der Waals surface area contributed by atoms with Crippen LogP contribution in [0.4, 0.5) is 0 Å². The Labute approximate surface area is 92.8 Å². The lowest BCUT2D eigenvalue weighted by Gasteiger charge is -2.13. The molecule has 1 aliphatic carbocycles. The normalized spacial score (nSPS) is 16.6. The highest BCUT2D eigenvalue weighted by atomic mass is 16.5. The second-order valence-corrected chi connectivity index (χ2v) is 3.92. The van der Waals surface area contributed by atoms with Gasteiger partial charge in [-0.05, 0) is 24.5 Å². The maximum atomic E-state index is 11.5. The minimum atomic E-state index is -0.871. The molecule has 0 amide bonds. The van der Waals surface area contributed by atoms with Crippen molar-refractivity contribution >= 4 is 11.9 Å². The van der Waals surface area contributed by atoms with E-state index in [1.807, 2.05) is 0 Å². The molecule has 1 aromatic carbocycles. The summed E-state index contributed by atoms with van der Waals surface area (Å²) in [5, 5.41) is 9.18. The van der Waals surface area contributed by atoms with E-state index in [0.717, 1.165) is 0 Å². The number of carbonyl (C=O) groups excluding carboxylic acids is 1. The molecule has 1 aliphatic rings. The Bertz CT molecular complexity index is 446. The fraction of sp³-hybridized carbons (Fsp3) is 0.333. The molecule has 1 fully saturated rings. The molecule has 0 unspecified atom stereocenters. The Hall–Kier alpha value is -1.84. The van der Waals surface area contributed by atoms with Crippen molar-refractivity contribution < 1.29 is 19.4 Å². The number of carboxylic acids is 1. The molecule has 1 aromatic rings. The number of hydrogen-bond donors (Lipinski definition) is 1. The van der Waals surface area contributed by atoms with E-state index in [1.165, 1.54) is 7.11 Å². The highest BCUT2D eigenvalue weighted by molar-refractivity contribution is 5.95. The standard InChI is InChI=1S/C12H12O4/c1-16-10(13)8-4-2-3-5-9(8)12(6-7-12)11(14)15/h2-5H,6-7H2,1H3,(H,14,15). The fourth-order valence-electron chi connectivity index (χ4n) is 1.91. The number of rotatable bonds is 3. The first-order chi connectivity index (χ1) is 7.62. The molecule has 0 atom stereocenters. The van der Waals surface area contributed by atoms with Gasteiger partial charge in [-0.3, -0.25) is 4.79 Å². The van der Waals surface area contributed by atoms with Gasteiger partial charge in [0, 0.05) is 0 Å². The molecule has 1 saturated carbocycles. The highest BCUT2D eigenvalue weighted by Crippen LogP contribution is 2.49. The Kier molecular flexibility index (Phi) is 2.42. The van der Waals surface area contributed by atoms with Crippen LogP contribution in [0.25, 0.3) is 0 Å². The van der Waals surface area contributed by atoms with Crippen LogP contribution in [0, 0.1) is 0 Å². The molecule has 0 radical (unpaired) electrons. The topological polar surface area (TPSA) is 63.6 Å². The summed E-state index contributed by atoms with van der Waals surface area (Å²) >= 11 is 0. The molecule has 84 valence electrons. The minimum absolute atomic E-state index is 0.352.